The maximum Gasteiger partial charge on any atom is 0.335 e. The Hall–Kier alpha value is -2.83. The first-order chi connectivity index (χ1) is 9.92. The van der Waals surface area contributed by atoms with Gasteiger partial charge >= 0.3 is 5.97 Å². The number of hydrogen-bond acceptors (Lipinski definition) is 4. The summed E-state index contributed by atoms with van der Waals surface area (Å²) in [7, 11) is 0. The molecule has 0 radical (unpaired) electrons. The fourth-order valence-corrected chi connectivity index (χ4v) is 1.97. The first-order valence-corrected chi connectivity index (χ1v) is 6.41. The number of nitrogens with one attached hydrogen (secondary N) is 1. The Morgan fingerprint density at radius 2 is 2.10 bits per heavy atom. The van der Waals surface area contributed by atoms with Crippen molar-refractivity contribution < 1.29 is 14.7 Å². The molecule has 2 aromatic rings. The van der Waals surface area contributed by atoms with E-state index in [4.69, 9.17) is 10.8 Å². The molecule has 4 N–H and O–H groups in total. The van der Waals surface area contributed by atoms with Crippen LogP contribution in [-0.2, 0) is 6.54 Å². The molecule has 0 saturated carbocycles. The van der Waals surface area contributed by atoms with Crippen molar-refractivity contribution in [3.8, 4) is 0 Å². The lowest BCUT2D eigenvalue weighted by molar-refractivity contribution is 0.0697. The maximum absolute atomic E-state index is 12.2. The molecule has 0 aliphatic heterocycles. The number of carbonyl (C=O) groups is 2. The lowest BCUT2D eigenvalue weighted by atomic mass is 10.1. The van der Waals surface area contributed by atoms with Crippen LogP contribution in [0.2, 0.25) is 0 Å². The summed E-state index contributed by atoms with van der Waals surface area (Å²) in [6.07, 6.45) is 0. The highest BCUT2D eigenvalue weighted by molar-refractivity contribution is 6.05. The van der Waals surface area contributed by atoms with Gasteiger partial charge < -0.3 is 16.2 Å². The molecule has 21 heavy (non-hydrogen) atoms. The van der Waals surface area contributed by atoms with Gasteiger partial charge in [-0.3, -0.25) is 9.48 Å². The van der Waals surface area contributed by atoms with E-state index in [2.05, 4.69) is 10.4 Å². The molecule has 1 amide bonds. The van der Waals surface area contributed by atoms with Crippen LogP contribution in [0.1, 0.15) is 33.5 Å². The fourth-order valence-electron chi connectivity index (χ4n) is 1.97. The van der Waals surface area contributed by atoms with E-state index in [1.807, 2.05) is 6.92 Å². The zero-order chi connectivity index (χ0) is 15.6. The monoisotopic (exact) mass is 288 g/mol. The number of benzene rings is 1. The summed E-state index contributed by atoms with van der Waals surface area (Å²) in [4.78, 5) is 23.1. The zero-order valence-electron chi connectivity index (χ0n) is 11.8. The number of carbonyl (C=O) groups excluding carboxylic acids is 1. The number of aromatic carboxylic acids is 1. The summed E-state index contributed by atoms with van der Waals surface area (Å²) >= 11 is 0. The number of aryl methyl sites for hydroxylation is 2. The molecule has 0 atom stereocenters. The van der Waals surface area contributed by atoms with Crippen molar-refractivity contribution in [1.82, 2.24) is 9.78 Å². The second kappa shape index (κ2) is 5.66. The molecule has 7 heteroatoms. The predicted octanol–water partition coefficient (Wildman–Crippen LogP) is 1.74. The Labute approximate surface area is 121 Å². The third-order valence-corrected chi connectivity index (χ3v) is 2.98. The van der Waals surface area contributed by atoms with E-state index in [1.165, 1.54) is 18.2 Å². The summed E-state index contributed by atoms with van der Waals surface area (Å²) in [5.41, 5.74) is 7.57. The number of nitrogen functional groups attached to an aromatic ring is 1. The maximum atomic E-state index is 12.2. The summed E-state index contributed by atoms with van der Waals surface area (Å²) < 4.78 is 1.59. The second-order valence-corrected chi connectivity index (χ2v) is 4.55. The number of rotatable bonds is 4. The molecule has 0 bridgehead atoms. The quantitative estimate of drug-likeness (QED) is 0.742. The van der Waals surface area contributed by atoms with Crippen molar-refractivity contribution in [2.45, 2.75) is 20.4 Å². The van der Waals surface area contributed by atoms with E-state index < -0.39 is 5.97 Å². The minimum Gasteiger partial charge on any atom is -0.478 e. The molecule has 0 saturated heterocycles. The number of carboxylic acids is 1. The zero-order valence-corrected chi connectivity index (χ0v) is 11.8. The van der Waals surface area contributed by atoms with Gasteiger partial charge in [0, 0.05) is 6.54 Å². The van der Waals surface area contributed by atoms with Gasteiger partial charge in [0.25, 0.3) is 5.91 Å². The van der Waals surface area contributed by atoms with Gasteiger partial charge in [0.2, 0.25) is 0 Å². The number of aromatic nitrogens is 2. The summed E-state index contributed by atoms with van der Waals surface area (Å²) in [5.74, 6) is -1.41. The highest BCUT2D eigenvalue weighted by Crippen LogP contribution is 2.21. The molecular weight excluding hydrogens is 272 g/mol. The topological polar surface area (TPSA) is 110 Å². The molecule has 0 unspecified atom stereocenters. The largest absolute Gasteiger partial charge is 0.478 e. The molecule has 0 aliphatic rings. The molecule has 2 rings (SSSR count). The van der Waals surface area contributed by atoms with Crippen LogP contribution >= 0.6 is 0 Å². The van der Waals surface area contributed by atoms with Crippen LogP contribution in [0.5, 0.6) is 0 Å². The van der Waals surface area contributed by atoms with Gasteiger partial charge in [-0.2, -0.15) is 5.10 Å². The molecule has 110 valence electrons. The Kier molecular flexibility index (Phi) is 3.93. The van der Waals surface area contributed by atoms with Gasteiger partial charge in [0.05, 0.1) is 22.6 Å². The Morgan fingerprint density at radius 3 is 2.67 bits per heavy atom. The van der Waals surface area contributed by atoms with E-state index in [0.717, 1.165) is 5.69 Å². The van der Waals surface area contributed by atoms with Crippen LogP contribution in [0.3, 0.4) is 0 Å². The van der Waals surface area contributed by atoms with Crippen LogP contribution in [0.4, 0.5) is 11.4 Å². The highest BCUT2D eigenvalue weighted by atomic mass is 16.4. The number of hydrogen-bond donors (Lipinski definition) is 3. The van der Waals surface area contributed by atoms with Crippen molar-refractivity contribution in [3.63, 3.8) is 0 Å². The van der Waals surface area contributed by atoms with Crippen LogP contribution in [0.15, 0.2) is 24.3 Å². The van der Waals surface area contributed by atoms with Crippen LogP contribution < -0.4 is 11.1 Å². The predicted molar refractivity (Wildman–Crippen MR) is 78.4 cm³/mol. The molecule has 0 fully saturated rings. The fraction of sp³-hybridized carbons (Fsp3) is 0.214. The Bertz CT molecular complexity index is 706. The van der Waals surface area contributed by atoms with Crippen molar-refractivity contribution >= 4 is 23.3 Å². The van der Waals surface area contributed by atoms with E-state index in [1.54, 1.807) is 17.7 Å². The van der Waals surface area contributed by atoms with Crippen molar-refractivity contribution in [2.24, 2.45) is 0 Å². The number of amides is 1. The van der Waals surface area contributed by atoms with E-state index in [0.29, 0.717) is 17.9 Å². The van der Waals surface area contributed by atoms with Crippen molar-refractivity contribution in [2.75, 3.05) is 11.1 Å². The third-order valence-electron chi connectivity index (χ3n) is 2.98. The lowest BCUT2D eigenvalue weighted by Crippen LogP contribution is -2.18. The average Bonchev–Trinajstić information content (AvgIpc) is 2.82. The van der Waals surface area contributed by atoms with Crippen LogP contribution in [0, 0.1) is 6.92 Å². The summed E-state index contributed by atoms with van der Waals surface area (Å²) in [6, 6.07) is 5.84. The molecule has 1 aromatic heterocycles. The van der Waals surface area contributed by atoms with Gasteiger partial charge in [-0.25, -0.2) is 4.79 Å². The molecule has 0 spiro atoms. The molecule has 0 aliphatic carbocycles. The van der Waals surface area contributed by atoms with Gasteiger partial charge in [-0.15, -0.1) is 0 Å². The molecule has 1 heterocycles. The number of nitrogens with zero attached hydrogens (tertiary/aromatic N) is 2. The summed E-state index contributed by atoms with van der Waals surface area (Å²) in [6.45, 7) is 4.27. The molecule has 1 aromatic carbocycles. The first-order valence-electron chi connectivity index (χ1n) is 6.41. The normalized spacial score (nSPS) is 10.4. The van der Waals surface area contributed by atoms with Gasteiger partial charge in [0.15, 0.2) is 0 Å². The van der Waals surface area contributed by atoms with Crippen LogP contribution in [-0.4, -0.2) is 26.8 Å². The number of anilines is 2. The number of nitrogens with two attached hydrogens (primary N) is 1. The third kappa shape index (κ3) is 3.02. The Balaban J connectivity index is 2.25. The Morgan fingerprint density at radius 1 is 1.38 bits per heavy atom. The van der Waals surface area contributed by atoms with Gasteiger partial charge in [0.1, 0.15) is 5.69 Å². The lowest BCUT2D eigenvalue weighted by Gasteiger charge is -2.09. The van der Waals surface area contributed by atoms with Crippen molar-refractivity contribution in [1.29, 1.82) is 0 Å². The number of carboxylic acid groups (broad SMARTS) is 1. The van der Waals surface area contributed by atoms with E-state index in [-0.39, 0.29) is 17.2 Å². The highest BCUT2D eigenvalue weighted by Gasteiger charge is 2.15. The van der Waals surface area contributed by atoms with Crippen molar-refractivity contribution in [3.05, 3.63) is 41.2 Å². The minimum absolute atomic E-state index is 0.0694. The molecule has 7 nitrogen and oxygen atoms in total. The van der Waals surface area contributed by atoms with E-state index in [9.17, 15) is 9.59 Å². The first kappa shape index (κ1) is 14.6. The SMILES string of the molecule is CCn1nc(C)cc1C(=O)Nc1ccc(C(=O)O)cc1N. The summed E-state index contributed by atoms with van der Waals surface area (Å²) in [5, 5.41) is 15.7. The van der Waals surface area contributed by atoms with Gasteiger partial charge in [-0.1, -0.05) is 0 Å². The van der Waals surface area contributed by atoms with Crippen LogP contribution in [0.25, 0.3) is 0 Å². The average molecular weight is 288 g/mol. The smallest absolute Gasteiger partial charge is 0.335 e. The van der Waals surface area contributed by atoms with E-state index >= 15 is 0 Å². The molecular formula is C14H16N4O3. The second-order valence-electron chi connectivity index (χ2n) is 4.55. The minimum atomic E-state index is -1.07. The standard InChI is InChI=1S/C14H16N4O3/c1-3-18-12(6-8(2)17-18)13(19)16-11-5-4-9(14(20)21)7-10(11)15/h4-7H,3,15H2,1-2H3,(H,16,19)(H,20,21). The van der Waals surface area contributed by atoms with Gasteiger partial charge in [-0.05, 0) is 38.1 Å².